The summed E-state index contributed by atoms with van der Waals surface area (Å²) in [6.07, 6.45) is -0.326. The van der Waals surface area contributed by atoms with Gasteiger partial charge < -0.3 is 15.5 Å². The standard InChI is InChI=1S/C18H17N3O2/c1-10-4-3-5-13-15-8-11(2)20-21(15)18(19-17(10)13)14-7-6-12(22)9-16(14)23/h3-9,18-19,22-23H,1-2H3/t18-/m1/s1. The second-order valence-electron chi connectivity index (χ2n) is 5.90. The van der Waals surface area contributed by atoms with Crippen LogP contribution in [-0.2, 0) is 0 Å². The van der Waals surface area contributed by atoms with Crippen molar-refractivity contribution in [3.05, 3.63) is 59.3 Å². The van der Waals surface area contributed by atoms with Crippen LogP contribution in [-0.4, -0.2) is 20.0 Å². The molecule has 0 saturated carbocycles. The lowest BCUT2D eigenvalue weighted by Crippen LogP contribution is -2.26. The lowest BCUT2D eigenvalue weighted by Gasteiger charge is -2.30. The van der Waals surface area contributed by atoms with Gasteiger partial charge in [-0.05, 0) is 37.6 Å². The zero-order valence-corrected chi connectivity index (χ0v) is 12.9. The average molecular weight is 307 g/mol. The van der Waals surface area contributed by atoms with Crippen LogP contribution in [0, 0.1) is 13.8 Å². The van der Waals surface area contributed by atoms with Crippen LogP contribution in [0.1, 0.15) is 23.0 Å². The number of aromatic hydroxyl groups is 2. The van der Waals surface area contributed by atoms with Crippen molar-refractivity contribution in [1.82, 2.24) is 9.78 Å². The quantitative estimate of drug-likeness (QED) is 0.643. The van der Waals surface area contributed by atoms with E-state index in [4.69, 9.17) is 0 Å². The Hall–Kier alpha value is -2.95. The molecule has 1 aliphatic heterocycles. The molecule has 0 unspecified atom stereocenters. The summed E-state index contributed by atoms with van der Waals surface area (Å²) in [7, 11) is 0. The summed E-state index contributed by atoms with van der Waals surface area (Å²) in [5.74, 6) is 0.0779. The lowest BCUT2D eigenvalue weighted by atomic mass is 10.0. The van der Waals surface area contributed by atoms with E-state index in [-0.39, 0.29) is 17.7 Å². The number of anilines is 1. The number of aromatic nitrogens is 2. The van der Waals surface area contributed by atoms with Crippen LogP contribution in [0.15, 0.2) is 42.5 Å². The Bertz CT molecular complexity index is 915. The molecule has 1 atom stereocenters. The SMILES string of the molecule is Cc1cc2n(n1)[C@H](c1ccc(O)cc1O)Nc1c(C)cccc1-2. The highest BCUT2D eigenvalue weighted by Crippen LogP contribution is 2.42. The molecule has 0 aliphatic carbocycles. The van der Waals surface area contributed by atoms with Gasteiger partial charge in [-0.2, -0.15) is 5.10 Å². The van der Waals surface area contributed by atoms with E-state index in [0.717, 1.165) is 28.2 Å². The first-order valence-electron chi connectivity index (χ1n) is 7.49. The fourth-order valence-corrected chi connectivity index (χ4v) is 3.16. The normalized spacial score (nSPS) is 15.7. The Balaban J connectivity index is 1.95. The Labute approximate surface area is 133 Å². The third-order valence-corrected chi connectivity index (χ3v) is 4.24. The number of hydrogen-bond acceptors (Lipinski definition) is 4. The van der Waals surface area contributed by atoms with Crippen molar-refractivity contribution in [3.8, 4) is 22.8 Å². The second kappa shape index (κ2) is 4.78. The number of nitrogens with one attached hydrogen (secondary N) is 1. The van der Waals surface area contributed by atoms with Gasteiger partial charge in [-0.15, -0.1) is 0 Å². The largest absolute Gasteiger partial charge is 0.508 e. The number of aryl methyl sites for hydroxylation is 2. The van der Waals surface area contributed by atoms with E-state index in [1.807, 2.05) is 23.7 Å². The van der Waals surface area contributed by atoms with E-state index >= 15 is 0 Å². The van der Waals surface area contributed by atoms with E-state index < -0.39 is 0 Å². The molecule has 23 heavy (non-hydrogen) atoms. The molecule has 5 nitrogen and oxygen atoms in total. The number of phenols is 2. The highest BCUT2D eigenvalue weighted by molar-refractivity contribution is 5.81. The summed E-state index contributed by atoms with van der Waals surface area (Å²) in [6, 6.07) is 12.8. The zero-order valence-electron chi connectivity index (χ0n) is 12.9. The molecular formula is C18H17N3O2. The maximum Gasteiger partial charge on any atom is 0.150 e. The summed E-state index contributed by atoms with van der Waals surface area (Å²) in [4.78, 5) is 0. The first-order valence-corrected chi connectivity index (χ1v) is 7.49. The molecule has 0 spiro atoms. The smallest absolute Gasteiger partial charge is 0.150 e. The van der Waals surface area contributed by atoms with Crippen LogP contribution in [0.3, 0.4) is 0 Å². The van der Waals surface area contributed by atoms with E-state index in [0.29, 0.717) is 5.56 Å². The number of fused-ring (bicyclic) bond motifs is 3. The third kappa shape index (κ3) is 2.04. The molecule has 5 heteroatoms. The maximum absolute atomic E-state index is 10.3. The van der Waals surface area contributed by atoms with Gasteiger partial charge in [0.2, 0.25) is 0 Å². The van der Waals surface area contributed by atoms with Gasteiger partial charge in [0, 0.05) is 22.9 Å². The number of nitrogens with zero attached hydrogens (tertiary/aromatic N) is 2. The molecule has 0 bridgehead atoms. The Kier molecular flexibility index (Phi) is 2.84. The molecule has 4 rings (SSSR count). The first-order chi connectivity index (χ1) is 11.0. The summed E-state index contributed by atoms with van der Waals surface area (Å²) < 4.78 is 1.88. The fourth-order valence-electron chi connectivity index (χ4n) is 3.16. The van der Waals surface area contributed by atoms with Crippen molar-refractivity contribution < 1.29 is 10.2 Å². The molecule has 0 saturated heterocycles. The van der Waals surface area contributed by atoms with Crippen molar-refractivity contribution in [2.24, 2.45) is 0 Å². The van der Waals surface area contributed by atoms with Crippen LogP contribution in [0.5, 0.6) is 11.5 Å². The Morgan fingerprint density at radius 3 is 2.70 bits per heavy atom. The number of rotatable bonds is 1. The van der Waals surface area contributed by atoms with Gasteiger partial charge in [0.05, 0.1) is 11.4 Å². The minimum Gasteiger partial charge on any atom is -0.508 e. The van der Waals surface area contributed by atoms with E-state index in [1.54, 1.807) is 12.1 Å². The maximum atomic E-state index is 10.3. The molecule has 1 aliphatic rings. The van der Waals surface area contributed by atoms with Gasteiger partial charge >= 0.3 is 0 Å². The van der Waals surface area contributed by atoms with Gasteiger partial charge in [-0.1, -0.05) is 18.2 Å². The van der Waals surface area contributed by atoms with Gasteiger partial charge in [-0.3, -0.25) is 0 Å². The van der Waals surface area contributed by atoms with Crippen molar-refractivity contribution in [2.75, 3.05) is 5.32 Å². The minimum atomic E-state index is -0.326. The summed E-state index contributed by atoms with van der Waals surface area (Å²) in [6.45, 7) is 4.01. The van der Waals surface area contributed by atoms with Gasteiger partial charge in [-0.25, -0.2) is 4.68 Å². The molecule has 3 aromatic rings. The predicted molar refractivity (Wildman–Crippen MR) is 88.7 cm³/mol. The topological polar surface area (TPSA) is 70.3 Å². The summed E-state index contributed by atoms with van der Waals surface area (Å²) in [5, 5.41) is 27.8. The third-order valence-electron chi connectivity index (χ3n) is 4.24. The molecule has 0 amide bonds. The molecule has 0 fully saturated rings. The van der Waals surface area contributed by atoms with Crippen LogP contribution in [0.4, 0.5) is 5.69 Å². The monoisotopic (exact) mass is 307 g/mol. The van der Waals surface area contributed by atoms with Crippen molar-refractivity contribution in [1.29, 1.82) is 0 Å². The first kappa shape index (κ1) is 13.7. The second-order valence-corrected chi connectivity index (χ2v) is 5.90. The van der Waals surface area contributed by atoms with Crippen molar-refractivity contribution in [2.45, 2.75) is 20.0 Å². The Morgan fingerprint density at radius 1 is 1.09 bits per heavy atom. The Morgan fingerprint density at radius 2 is 1.91 bits per heavy atom. The van der Waals surface area contributed by atoms with Crippen LogP contribution >= 0.6 is 0 Å². The number of phenolic OH excluding ortho intramolecular Hbond substituents is 2. The lowest BCUT2D eigenvalue weighted by molar-refractivity contribution is 0.436. The molecule has 0 radical (unpaired) electrons. The van der Waals surface area contributed by atoms with Gasteiger partial charge in [0.1, 0.15) is 11.5 Å². The molecular weight excluding hydrogens is 290 g/mol. The molecule has 2 heterocycles. The highest BCUT2D eigenvalue weighted by Gasteiger charge is 2.28. The number of hydrogen-bond donors (Lipinski definition) is 3. The van der Waals surface area contributed by atoms with Crippen LogP contribution in [0.2, 0.25) is 0 Å². The molecule has 2 aromatic carbocycles. The van der Waals surface area contributed by atoms with Gasteiger partial charge in [0.25, 0.3) is 0 Å². The van der Waals surface area contributed by atoms with E-state index in [9.17, 15) is 10.2 Å². The van der Waals surface area contributed by atoms with E-state index in [2.05, 4.69) is 29.5 Å². The minimum absolute atomic E-state index is 0.0375. The van der Waals surface area contributed by atoms with Crippen LogP contribution in [0.25, 0.3) is 11.3 Å². The van der Waals surface area contributed by atoms with E-state index in [1.165, 1.54) is 6.07 Å². The van der Waals surface area contributed by atoms with Gasteiger partial charge in [0.15, 0.2) is 6.17 Å². The van der Waals surface area contributed by atoms with Crippen molar-refractivity contribution in [3.63, 3.8) is 0 Å². The average Bonchev–Trinajstić information content (AvgIpc) is 2.89. The summed E-state index contributed by atoms with van der Waals surface area (Å²) in [5.41, 5.74) is 5.87. The number of para-hydroxylation sites is 1. The zero-order chi connectivity index (χ0) is 16.1. The molecule has 1 aromatic heterocycles. The molecule has 116 valence electrons. The fraction of sp³-hybridized carbons (Fsp3) is 0.167. The van der Waals surface area contributed by atoms with Crippen molar-refractivity contribution >= 4 is 5.69 Å². The highest BCUT2D eigenvalue weighted by atomic mass is 16.3. The van der Waals surface area contributed by atoms with Crippen LogP contribution < -0.4 is 5.32 Å². The number of benzene rings is 2. The molecule has 3 N–H and O–H groups in total. The summed E-state index contributed by atoms with van der Waals surface area (Å²) >= 11 is 0. The predicted octanol–water partition coefficient (Wildman–Crippen LogP) is 3.55.